The number of alkyl halides is 3. The lowest BCUT2D eigenvalue weighted by Crippen LogP contribution is -2.28. The first-order chi connectivity index (χ1) is 8.55. The lowest BCUT2D eigenvalue weighted by atomic mass is 10.1. The number of sulfonamides is 1. The van der Waals surface area contributed by atoms with Gasteiger partial charge in [-0.25, -0.2) is 13.1 Å². The smallest absolute Gasteiger partial charge is 0.211 e. The zero-order chi connectivity index (χ0) is 14.8. The molecule has 0 spiro atoms. The highest BCUT2D eigenvalue weighted by Gasteiger charge is 2.34. The Bertz CT molecular complexity index is 551. The van der Waals surface area contributed by atoms with Crippen molar-refractivity contribution in [2.45, 2.75) is 31.8 Å². The predicted molar refractivity (Wildman–Crippen MR) is 66.2 cm³/mol. The van der Waals surface area contributed by atoms with E-state index in [9.17, 15) is 21.6 Å². The molecule has 108 valence electrons. The van der Waals surface area contributed by atoms with Crippen molar-refractivity contribution in [2.24, 2.45) is 5.92 Å². The molecule has 0 atom stereocenters. The van der Waals surface area contributed by atoms with Crippen LogP contribution in [0.2, 0.25) is 0 Å². The van der Waals surface area contributed by atoms with Crippen molar-refractivity contribution in [1.82, 2.24) is 4.72 Å². The third kappa shape index (κ3) is 3.94. The van der Waals surface area contributed by atoms with Crippen molar-refractivity contribution in [3.05, 3.63) is 29.3 Å². The first-order valence-corrected chi connectivity index (χ1v) is 7.20. The normalized spacial score (nSPS) is 13.0. The Labute approximate surface area is 110 Å². The molecular formula is C12H16F3NO2S. The summed E-state index contributed by atoms with van der Waals surface area (Å²) >= 11 is 0. The molecule has 0 amide bonds. The van der Waals surface area contributed by atoms with E-state index in [0.29, 0.717) is 0 Å². The molecule has 0 radical (unpaired) electrons. The number of rotatable bonds is 4. The zero-order valence-electron chi connectivity index (χ0n) is 10.9. The molecular weight excluding hydrogens is 279 g/mol. The third-order valence-electron chi connectivity index (χ3n) is 2.56. The van der Waals surface area contributed by atoms with E-state index in [1.807, 2.05) is 13.8 Å². The molecule has 0 saturated heterocycles. The van der Waals surface area contributed by atoms with Crippen molar-refractivity contribution >= 4 is 10.0 Å². The van der Waals surface area contributed by atoms with Gasteiger partial charge in [-0.05, 0) is 30.5 Å². The highest BCUT2D eigenvalue weighted by molar-refractivity contribution is 7.89. The maximum absolute atomic E-state index is 12.7. The highest BCUT2D eigenvalue weighted by atomic mass is 32.2. The maximum atomic E-state index is 12.7. The molecule has 1 aromatic carbocycles. The second-order valence-corrected chi connectivity index (χ2v) is 6.41. The zero-order valence-corrected chi connectivity index (χ0v) is 11.7. The number of hydrogen-bond acceptors (Lipinski definition) is 2. The molecule has 0 bridgehead atoms. The van der Waals surface area contributed by atoms with E-state index in [2.05, 4.69) is 4.72 Å². The molecule has 3 nitrogen and oxygen atoms in total. The number of benzene rings is 1. The number of halogens is 3. The van der Waals surface area contributed by atoms with Gasteiger partial charge < -0.3 is 0 Å². The molecule has 1 aromatic rings. The second kappa shape index (κ2) is 5.50. The fourth-order valence-electron chi connectivity index (χ4n) is 1.57. The van der Waals surface area contributed by atoms with Crippen molar-refractivity contribution in [3.63, 3.8) is 0 Å². The fraction of sp³-hybridized carbons (Fsp3) is 0.500. The second-order valence-electron chi connectivity index (χ2n) is 4.67. The van der Waals surface area contributed by atoms with Gasteiger partial charge in [-0.3, -0.25) is 0 Å². The van der Waals surface area contributed by atoms with Gasteiger partial charge in [0.2, 0.25) is 10.0 Å². The predicted octanol–water partition coefficient (Wildman–Crippen LogP) is 2.95. The van der Waals surface area contributed by atoms with Crippen LogP contribution in [0.5, 0.6) is 0 Å². The Morgan fingerprint density at radius 3 is 2.32 bits per heavy atom. The Morgan fingerprint density at radius 1 is 1.26 bits per heavy atom. The molecule has 19 heavy (non-hydrogen) atoms. The lowest BCUT2D eigenvalue weighted by molar-refractivity contribution is -0.138. The Kier molecular flexibility index (Phi) is 4.63. The van der Waals surface area contributed by atoms with Crippen molar-refractivity contribution in [3.8, 4) is 0 Å². The first kappa shape index (κ1) is 16.0. The van der Waals surface area contributed by atoms with Gasteiger partial charge in [0, 0.05) is 6.54 Å². The van der Waals surface area contributed by atoms with Crippen LogP contribution in [-0.4, -0.2) is 15.0 Å². The quantitative estimate of drug-likeness (QED) is 0.928. The summed E-state index contributed by atoms with van der Waals surface area (Å²) in [6.07, 6.45) is -4.56. The monoisotopic (exact) mass is 295 g/mol. The SMILES string of the molecule is Cc1c(C(F)(F)F)cccc1S(=O)(=O)NCC(C)C. The molecule has 7 heteroatoms. The molecule has 0 aromatic heterocycles. The van der Waals surface area contributed by atoms with Gasteiger partial charge in [-0.1, -0.05) is 19.9 Å². The van der Waals surface area contributed by atoms with Crippen LogP contribution in [0.1, 0.15) is 25.0 Å². The summed E-state index contributed by atoms with van der Waals surface area (Å²) in [5.74, 6) is 0.0703. The lowest BCUT2D eigenvalue weighted by Gasteiger charge is -2.15. The first-order valence-electron chi connectivity index (χ1n) is 5.72. The fourth-order valence-corrected chi connectivity index (χ4v) is 3.05. The molecule has 0 aliphatic heterocycles. The molecule has 0 aliphatic rings. The van der Waals surface area contributed by atoms with Gasteiger partial charge in [0.25, 0.3) is 0 Å². The van der Waals surface area contributed by atoms with E-state index < -0.39 is 21.8 Å². The van der Waals surface area contributed by atoms with Gasteiger partial charge >= 0.3 is 6.18 Å². The Morgan fingerprint density at radius 2 is 1.84 bits per heavy atom. The van der Waals surface area contributed by atoms with Crippen LogP contribution in [0, 0.1) is 12.8 Å². The molecule has 1 N–H and O–H groups in total. The van der Waals surface area contributed by atoms with Crippen LogP contribution in [0.15, 0.2) is 23.1 Å². The van der Waals surface area contributed by atoms with E-state index in [4.69, 9.17) is 0 Å². The van der Waals surface area contributed by atoms with Crippen LogP contribution in [-0.2, 0) is 16.2 Å². The van der Waals surface area contributed by atoms with Crippen LogP contribution in [0.3, 0.4) is 0 Å². The topological polar surface area (TPSA) is 46.2 Å². The van der Waals surface area contributed by atoms with Crippen LogP contribution in [0.25, 0.3) is 0 Å². The van der Waals surface area contributed by atoms with Gasteiger partial charge in [0.05, 0.1) is 10.5 Å². The summed E-state index contributed by atoms with van der Waals surface area (Å²) in [5, 5.41) is 0. The average molecular weight is 295 g/mol. The van der Waals surface area contributed by atoms with Crippen molar-refractivity contribution < 1.29 is 21.6 Å². The van der Waals surface area contributed by atoms with E-state index in [0.717, 1.165) is 19.1 Å². The summed E-state index contributed by atoms with van der Waals surface area (Å²) in [6.45, 7) is 4.95. The summed E-state index contributed by atoms with van der Waals surface area (Å²) in [7, 11) is -3.92. The molecule has 0 unspecified atom stereocenters. The van der Waals surface area contributed by atoms with E-state index in [-0.39, 0.29) is 22.9 Å². The number of nitrogens with one attached hydrogen (secondary N) is 1. The minimum atomic E-state index is -4.56. The summed E-state index contributed by atoms with van der Waals surface area (Å²) < 4.78 is 64.4. The molecule has 0 fully saturated rings. The number of hydrogen-bond donors (Lipinski definition) is 1. The Balaban J connectivity index is 3.22. The minimum Gasteiger partial charge on any atom is -0.211 e. The minimum absolute atomic E-state index is 0.0703. The van der Waals surface area contributed by atoms with Crippen molar-refractivity contribution in [1.29, 1.82) is 0 Å². The van der Waals surface area contributed by atoms with Gasteiger partial charge in [-0.2, -0.15) is 13.2 Å². The molecule has 0 saturated carbocycles. The molecule has 0 heterocycles. The van der Waals surface area contributed by atoms with E-state index >= 15 is 0 Å². The van der Waals surface area contributed by atoms with Crippen LogP contribution in [0.4, 0.5) is 13.2 Å². The Hall–Kier alpha value is -1.08. The van der Waals surface area contributed by atoms with Gasteiger partial charge in [0.1, 0.15) is 0 Å². The molecule has 0 aliphatic carbocycles. The summed E-state index contributed by atoms with van der Waals surface area (Å²) in [4.78, 5) is -0.331. The standard InChI is InChI=1S/C12H16F3NO2S/c1-8(2)7-16-19(17,18)11-6-4-5-10(9(11)3)12(13,14)15/h4-6,8,16H,7H2,1-3H3. The highest BCUT2D eigenvalue weighted by Crippen LogP contribution is 2.34. The summed E-state index contributed by atoms with van der Waals surface area (Å²) in [6, 6.07) is 3.14. The largest absolute Gasteiger partial charge is 0.416 e. The van der Waals surface area contributed by atoms with E-state index in [1.165, 1.54) is 6.07 Å². The average Bonchev–Trinajstić information content (AvgIpc) is 2.25. The molecule has 1 rings (SSSR count). The summed E-state index contributed by atoms with van der Waals surface area (Å²) in [5.41, 5.74) is -1.22. The van der Waals surface area contributed by atoms with Crippen molar-refractivity contribution in [2.75, 3.05) is 6.54 Å². The van der Waals surface area contributed by atoms with Gasteiger partial charge in [0.15, 0.2) is 0 Å². The van der Waals surface area contributed by atoms with Gasteiger partial charge in [-0.15, -0.1) is 0 Å². The van der Waals surface area contributed by atoms with Crippen LogP contribution < -0.4 is 4.72 Å². The van der Waals surface area contributed by atoms with E-state index in [1.54, 1.807) is 0 Å². The van der Waals surface area contributed by atoms with Crippen LogP contribution >= 0.6 is 0 Å². The third-order valence-corrected chi connectivity index (χ3v) is 4.13. The maximum Gasteiger partial charge on any atom is 0.416 e.